The van der Waals surface area contributed by atoms with E-state index in [1.54, 1.807) is 0 Å². The van der Waals surface area contributed by atoms with Crippen molar-refractivity contribution >= 4 is 27.9 Å². The maximum atomic E-state index is 12.3. The van der Waals surface area contributed by atoms with Crippen molar-refractivity contribution in [2.24, 2.45) is 0 Å². The predicted molar refractivity (Wildman–Crippen MR) is 98.8 cm³/mol. The largest absolute Gasteiger partial charge is 0.516 e. The lowest BCUT2D eigenvalue weighted by atomic mass is 10.1. The van der Waals surface area contributed by atoms with Gasteiger partial charge in [0.05, 0.1) is 0 Å². The molecule has 0 unspecified atom stereocenters. The van der Waals surface area contributed by atoms with Gasteiger partial charge in [-0.2, -0.15) is 21.6 Å². The molecule has 0 atom stereocenters. The molecule has 0 fully saturated rings. The van der Waals surface area contributed by atoms with E-state index in [2.05, 4.69) is 13.2 Å². The number of ether oxygens (including phenoxy) is 2. The molecule has 0 aromatic heterocycles. The molecule has 1 N–H and O–H groups in total. The summed E-state index contributed by atoms with van der Waals surface area (Å²) in [5.41, 5.74) is -5.29. The number of alkyl halides is 3. The van der Waals surface area contributed by atoms with Crippen LogP contribution in [0.15, 0.2) is 42.5 Å². The predicted octanol–water partition coefficient (Wildman–Crippen LogP) is 2.55. The first-order chi connectivity index (χ1) is 13.6. The number of sulfonamides is 1. The fourth-order valence-corrected chi connectivity index (χ4v) is 2.32. The third-order valence-corrected chi connectivity index (χ3v) is 4.36. The summed E-state index contributed by atoms with van der Waals surface area (Å²) < 4.78 is 69.9. The lowest BCUT2D eigenvalue weighted by Gasteiger charge is -2.12. The molecule has 0 aliphatic carbocycles. The average Bonchev–Trinajstić information content (AvgIpc) is 2.58. The van der Waals surface area contributed by atoms with Gasteiger partial charge in [0.2, 0.25) is 5.91 Å². The van der Waals surface area contributed by atoms with Crippen LogP contribution in [0.2, 0.25) is 0 Å². The summed E-state index contributed by atoms with van der Waals surface area (Å²) in [6.07, 6.45) is -0.906. The number of esters is 2. The molecule has 8 nitrogen and oxygen atoms in total. The molecule has 0 saturated heterocycles. The Morgan fingerprint density at radius 2 is 1.40 bits per heavy atom. The van der Waals surface area contributed by atoms with Crippen molar-refractivity contribution in [1.82, 2.24) is 4.72 Å². The normalized spacial score (nSPS) is 11.4. The van der Waals surface area contributed by atoms with E-state index in [0.29, 0.717) is 0 Å². The Labute approximate surface area is 170 Å². The van der Waals surface area contributed by atoms with Gasteiger partial charge in [-0.3, -0.25) is 4.79 Å². The van der Waals surface area contributed by atoms with Gasteiger partial charge >= 0.3 is 27.5 Å². The number of halogens is 3. The highest BCUT2D eigenvalue weighted by Gasteiger charge is 2.46. The molecule has 0 radical (unpaired) electrons. The highest BCUT2D eigenvalue weighted by atomic mass is 32.2. The Morgan fingerprint density at radius 3 is 1.77 bits per heavy atom. The zero-order valence-corrected chi connectivity index (χ0v) is 16.8. The van der Waals surface area contributed by atoms with E-state index in [1.807, 2.05) is 0 Å². The van der Waals surface area contributed by atoms with Gasteiger partial charge in [0.25, 0.3) is 0 Å². The van der Waals surface area contributed by atoms with Crippen molar-refractivity contribution in [1.29, 1.82) is 0 Å². The summed E-state index contributed by atoms with van der Waals surface area (Å²) in [6, 6.07) is 3.73. The van der Waals surface area contributed by atoms with E-state index in [9.17, 15) is 36.0 Å². The van der Waals surface area contributed by atoms with Gasteiger partial charge in [0.1, 0.15) is 11.5 Å². The fourth-order valence-electron chi connectivity index (χ4n) is 1.80. The molecule has 1 amide bonds. The lowest BCUT2D eigenvalue weighted by molar-refractivity contribution is -0.130. The van der Waals surface area contributed by atoms with Crippen molar-refractivity contribution in [3.8, 4) is 11.5 Å². The fraction of sp³-hybridized carbons (Fsp3) is 0.278. The molecule has 30 heavy (non-hydrogen) atoms. The van der Waals surface area contributed by atoms with E-state index in [1.165, 1.54) is 32.0 Å². The minimum atomic E-state index is -5.83. The standard InChI is InChI=1S/C18H18F3NO7S/c1-10(2)16(24)28-13-7-12(8-14(9-13)29-17(25)11(3)4)5-6-15(23)22-30(26,27)18(19,20)21/h7-9H,1,3,5-6H2,2,4H3,(H,22,23). The van der Waals surface area contributed by atoms with Crippen molar-refractivity contribution in [2.75, 3.05) is 0 Å². The molecule has 0 saturated carbocycles. The molecular weight excluding hydrogens is 431 g/mol. The number of nitrogens with one attached hydrogen (secondary N) is 1. The second-order valence-electron chi connectivity index (χ2n) is 6.13. The highest BCUT2D eigenvalue weighted by Crippen LogP contribution is 2.26. The summed E-state index contributed by atoms with van der Waals surface area (Å²) in [5.74, 6) is -3.17. The summed E-state index contributed by atoms with van der Waals surface area (Å²) in [4.78, 5) is 35.0. The Bertz CT molecular complexity index is 951. The monoisotopic (exact) mass is 449 g/mol. The minimum absolute atomic E-state index is 0.0672. The van der Waals surface area contributed by atoms with Gasteiger partial charge in [0.15, 0.2) is 0 Å². The van der Waals surface area contributed by atoms with Crippen LogP contribution < -0.4 is 14.2 Å². The number of carbonyl (C=O) groups is 3. The minimum Gasteiger partial charge on any atom is -0.423 e. The van der Waals surface area contributed by atoms with E-state index in [4.69, 9.17) is 9.47 Å². The number of hydrogen-bond acceptors (Lipinski definition) is 7. The quantitative estimate of drug-likeness (QED) is 0.368. The van der Waals surface area contributed by atoms with Crippen LogP contribution in [0.25, 0.3) is 0 Å². The third-order valence-electron chi connectivity index (χ3n) is 3.25. The van der Waals surface area contributed by atoms with E-state index < -0.39 is 39.8 Å². The second-order valence-corrected chi connectivity index (χ2v) is 7.80. The number of carbonyl (C=O) groups excluding carboxylic acids is 3. The van der Waals surface area contributed by atoms with Crippen LogP contribution in [0.4, 0.5) is 13.2 Å². The van der Waals surface area contributed by atoms with Crippen LogP contribution >= 0.6 is 0 Å². The third kappa shape index (κ3) is 7.35. The van der Waals surface area contributed by atoms with Crippen LogP contribution in [0.1, 0.15) is 25.8 Å². The number of rotatable bonds is 8. The Morgan fingerprint density at radius 1 is 0.967 bits per heavy atom. The molecule has 0 bridgehead atoms. The maximum absolute atomic E-state index is 12.3. The Kier molecular flexibility index (Phi) is 7.94. The lowest BCUT2D eigenvalue weighted by Crippen LogP contribution is -2.40. The molecule has 0 spiro atoms. The molecule has 164 valence electrons. The first kappa shape index (κ1) is 24.9. The zero-order valence-electron chi connectivity index (χ0n) is 16.0. The van der Waals surface area contributed by atoms with Crippen LogP contribution in [-0.2, 0) is 30.8 Å². The number of benzene rings is 1. The van der Waals surface area contributed by atoms with E-state index in [-0.39, 0.29) is 34.6 Å². The molecule has 12 heteroatoms. The summed E-state index contributed by atoms with van der Waals surface area (Å²) in [5, 5.41) is 0. The number of aryl methyl sites for hydroxylation is 1. The zero-order chi connectivity index (χ0) is 23.3. The van der Waals surface area contributed by atoms with Gasteiger partial charge in [0, 0.05) is 23.6 Å². The Hall–Kier alpha value is -3.15. The smallest absolute Gasteiger partial charge is 0.423 e. The van der Waals surface area contributed by atoms with Crippen molar-refractivity contribution in [3.05, 3.63) is 48.1 Å². The van der Waals surface area contributed by atoms with Crippen LogP contribution in [0.3, 0.4) is 0 Å². The summed E-state index contributed by atoms with van der Waals surface area (Å²) >= 11 is 0. The van der Waals surface area contributed by atoms with Gasteiger partial charge in [-0.25, -0.2) is 14.3 Å². The molecular formula is C18H18F3NO7S. The van der Waals surface area contributed by atoms with E-state index >= 15 is 0 Å². The van der Waals surface area contributed by atoms with Crippen LogP contribution in [-0.4, -0.2) is 31.8 Å². The molecule has 1 aromatic carbocycles. The van der Waals surface area contributed by atoms with Gasteiger partial charge in [-0.1, -0.05) is 13.2 Å². The second kappa shape index (κ2) is 9.57. The average molecular weight is 449 g/mol. The first-order valence-corrected chi connectivity index (χ1v) is 9.62. The Balaban J connectivity index is 3.05. The maximum Gasteiger partial charge on any atom is 0.516 e. The SMILES string of the molecule is C=C(C)C(=O)Oc1cc(CCC(=O)NS(=O)(=O)C(F)(F)F)cc(OC(=O)C(=C)C)c1. The van der Waals surface area contributed by atoms with E-state index in [0.717, 1.165) is 4.72 Å². The number of amides is 1. The first-order valence-electron chi connectivity index (χ1n) is 8.13. The molecule has 1 aromatic rings. The van der Waals surface area contributed by atoms with Crippen molar-refractivity contribution in [3.63, 3.8) is 0 Å². The highest BCUT2D eigenvalue weighted by molar-refractivity contribution is 7.90. The van der Waals surface area contributed by atoms with Crippen LogP contribution in [0, 0.1) is 0 Å². The van der Waals surface area contributed by atoms with Crippen molar-refractivity contribution < 1.29 is 45.4 Å². The van der Waals surface area contributed by atoms with Crippen LogP contribution in [0.5, 0.6) is 11.5 Å². The summed E-state index contributed by atoms with van der Waals surface area (Å²) in [6.45, 7) is 9.59. The number of hydrogen-bond donors (Lipinski definition) is 1. The molecule has 0 heterocycles. The van der Waals surface area contributed by atoms with Gasteiger partial charge in [-0.15, -0.1) is 0 Å². The van der Waals surface area contributed by atoms with Crippen molar-refractivity contribution in [2.45, 2.75) is 32.2 Å². The molecule has 0 aliphatic heterocycles. The molecule has 0 aliphatic rings. The van der Waals surface area contributed by atoms with Gasteiger partial charge in [-0.05, 0) is 38.0 Å². The topological polar surface area (TPSA) is 116 Å². The molecule has 1 rings (SSSR count). The van der Waals surface area contributed by atoms with Gasteiger partial charge < -0.3 is 9.47 Å². The summed E-state index contributed by atoms with van der Waals surface area (Å²) in [7, 11) is -5.83.